The SMILES string of the molecule is COc1ccc(C(Br)c2ccccc2OC)cc1F. The van der Waals surface area contributed by atoms with Crippen molar-refractivity contribution in [1.82, 2.24) is 0 Å². The lowest BCUT2D eigenvalue weighted by Crippen LogP contribution is -1.98. The van der Waals surface area contributed by atoms with Gasteiger partial charge in [0.2, 0.25) is 0 Å². The molecule has 0 aliphatic heterocycles. The van der Waals surface area contributed by atoms with Crippen molar-refractivity contribution in [3.8, 4) is 11.5 Å². The molecule has 0 fully saturated rings. The lowest BCUT2D eigenvalue weighted by atomic mass is 10.0. The van der Waals surface area contributed by atoms with E-state index in [4.69, 9.17) is 9.47 Å². The van der Waals surface area contributed by atoms with Crippen molar-refractivity contribution in [2.24, 2.45) is 0 Å². The van der Waals surface area contributed by atoms with Gasteiger partial charge in [-0.3, -0.25) is 0 Å². The van der Waals surface area contributed by atoms with E-state index in [1.54, 1.807) is 13.2 Å². The maximum Gasteiger partial charge on any atom is 0.165 e. The highest BCUT2D eigenvalue weighted by molar-refractivity contribution is 9.09. The van der Waals surface area contributed by atoms with E-state index >= 15 is 0 Å². The molecule has 0 spiro atoms. The molecule has 2 aromatic carbocycles. The summed E-state index contributed by atoms with van der Waals surface area (Å²) in [6, 6.07) is 12.6. The van der Waals surface area contributed by atoms with Crippen molar-refractivity contribution in [2.75, 3.05) is 14.2 Å². The third-order valence-corrected chi connectivity index (χ3v) is 3.90. The molecule has 19 heavy (non-hydrogen) atoms. The molecule has 1 atom stereocenters. The van der Waals surface area contributed by atoms with Crippen LogP contribution >= 0.6 is 15.9 Å². The summed E-state index contributed by atoms with van der Waals surface area (Å²) in [5.41, 5.74) is 1.76. The molecule has 0 aliphatic rings. The zero-order valence-corrected chi connectivity index (χ0v) is 12.3. The van der Waals surface area contributed by atoms with Gasteiger partial charge in [-0.25, -0.2) is 4.39 Å². The average molecular weight is 325 g/mol. The van der Waals surface area contributed by atoms with E-state index in [0.717, 1.165) is 16.9 Å². The quantitative estimate of drug-likeness (QED) is 0.779. The zero-order valence-electron chi connectivity index (χ0n) is 10.7. The summed E-state index contributed by atoms with van der Waals surface area (Å²) < 4.78 is 24.0. The van der Waals surface area contributed by atoms with Gasteiger partial charge in [-0.15, -0.1) is 0 Å². The molecule has 100 valence electrons. The van der Waals surface area contributed by atoms with Gasteiger partial charge in [0.15, 0.2) is 11.6 Å². The molecule has 2 aromatic rings. The molecule has 2 rings (SSSR count). The lowest BCUT2D eigenvalue weighted by Gasteiger charge is -2.15. The molecule has 0 bridgehead atoms. The number of rotatable bonds is 4. The van der Waals surface area contributed by atoms with Crippen molar-refractivity contribution in [3.05, 3.63) is 59.4 Å². The number of methoxy groups -OCH3 is 2. The van der Waals surface area contributed by atoms with Crippen LogP contribution in [0.1, 0.15) is 16.0 Å². The molecule has 0 saturated carbocycles. The Morgan fingerprint density at radius 2 is 1.68 bits per heavy atom. The first-order chi connectivity index (χ1) is 9.17. The van der Waals surface area contributed by atoms with Gasteiger partial charge < -0.3 is 9.47 Å². The molecule has 0 aromatic heterocycles. The van der Waals surface area contributed by atoms with Crippen molar-refractivity contribution in [2.45, 2.75) is 4.83 Å². The Morgan fingerprint density at radius 1 is 1.00 bits per heavy atom. The molecule has 1 unspecified atom stereocenters. The van der Waals surface area contributed by atoms with E-state index < -0.39 is 0 Å². The number of hydrogen-bond acceptors (Lipinski definition) is 2. The molecule has 0 aliphatic carbocycles. The first kappa shape index (κ1) is 13.9. The van der Waals surface area contributed by atoms with Crippen LogP contribution in [0.25, 0.3) is 0 Å². The summed E-state index contributed by atoms with van der Waals surface area (Å²) in [5, 5.41) is 0. The second-order valence-corrected chi connectivity index (χ2v) is 4.91. The normalized spacial score (nSPS) is 12.0. The van der Waals surface area contributed by atoms with Crippen molar-refractivity contribution in [3.63, 3.8) is 0 Å². The first-order valence-corrected chi connectivity index (χ1v) is 6.69. The highest BCUT2D eigenvalue weighted by atomic mass is 79.9. The topological polar surface area (TPSA) is 18.5 Å². The van der Waals surface area contributed by atoms with Crippen LogP contribution in [0.4, 0.5) is 4.39 Å². The fourth-order valence-corrected chi connectivity index (χ4v) is 2.56. The van der Waals surface area contributed by atoms with Gasteiger partial charge in [0.1, 0.15) is 5.75 Å². The highest BCUT2D eigenvalue weighted by Crippen LogP contribution is 2.37. The summed E-state index contributed by atoms with van der Waals surface area (Å²) in [7, 11) is 3.07. The van der Waals surface area contributed by atoms with E-state index in [1.807, 2.05) is 30.3 Å². The van der Waals surface area contributed by atoms with Crippen LogP contribution in [-0.2, 0) is 0 Å². The van der Waals surface area contributed by atoms with Crippen molar-refractivity contribution < 1.29 is 13.9 Å². The standard InChI is InChI=1S/C15H14BrFO2/c1-18-13-6-4-3-5-11(13)15(16)10-7-8-14(19-2)12(17)9-10/h3-9,15H,1-2H3. The van der Waals surface area contributed by atoms with Crippen molar-refractivity contribution in [1.29, 1.82) is 0 Å². The Bertz CT molecular complexity index is 572. The van der Waals surface area contributed by atoms with Gasteiger partial charge in [0.05, 0.1) is 19.0 Å². The first-order valence-electron chi connectivity index (χ1n) is 5.77. The predicted octanol–water partition coefficient (Wildman–Crippen LogP) is 4.33. The van der Waals surface area contributed by atoms with Gasteiger partial charge in [0, 0.05) is 5.56 Å². The van der Waals surface area contributed by atoms with Gasteiger partial charge in [-0.05, 0) is 23.8 Å². The van der Waals surface area contributed by atoms with E-state index in [-0.39, 0.29) is 16.4 Å². The Kier molecular flexibility index (Phi) is 4.43. The van der Waals surface area contributed by atoms with E-state index in [0.29, 0.717) is 0 Å². The molecule has 0 radical (unpaired) electrons. The van der Waals surface area contributed by atoms with Gasteiger partial charge >= 0.3 is 0 Å². The molecule has 0 heterocycles. The van der Waals surface area contributed by atoms with Crippen LogP contribution < -0.4 is 9.47 Å². The summed E-state index contributed by atoms with van der Waals surface area (Å²) in [6.07, 6.45) is 0. The van der Waals surface area contributed by atoms with E-state index in [9.17, 15) is 4.39 Å². The largest absolute Gasteiger partial charge is 0.496 e. The summed E-state index contributed by atoms with van der Waals surface area (Å²) in [6.45, 7) is 0. The number of ether oxygens (including phenoxy) is 2. The Labute approximate surface area is 120 Å². The van der Waals surface area contributed by atoms with Crippen LogP contribution in [0.15, 0.2) is 42.5 Å². The molecule has 2 nitrogen and oxygen atoms in total. The van der Waals surface area contributed by atoms with Crippen LogP contribution in [0, 0.1) is 5.82 Å². The Morgan fingerprint density at radius 3 is 2.32 bits per heavy atom. The Balaban J connectivity index is 2.38. The molecular weight excluding hydrogens is 311 g/mol. The van der Waals surface area contributed by atoms with E-state index in [2.05, 4.69) is 15.9 Å². The fraction of sp³-hybridized carbons (Fsp3) is 0.200. The third-order valence-electron chi connectivity index (χ3n) is 2.88. The summed E-state index contributed by atoms with van der Waals surface area (Å²) in [4.78, 5) is -0.135. The highest BCUT2D eigenvalue weighted by Gasteiger charge is 2.16. The summed E-state index contributed by atoms with van der Waals surface area (Å²) >= 11 is 3.58. The lowest BCUT2D eigenvalue weighted by molar-refractivity contribution is 0.386. The average Bonchev–Trinajstić information content (AvgIpc) is 2.46. The second-order valence-electron chi connectivity index (χ2n) is 4.00. The van der Waals surface area contributed by atoms with Crippen LogP contribution in [0.3, 0.4) is 0 Å². The monoisotopic (exact) mass is 324 g/mol. The smallest absolute Gasteiger partial charge is 0.165 e. The Hall–Kier alpha value is -1.55. The molecule has 0 N–H and O–H groups in total. The van der Waals surface area contributed by atoms with Crippen LogP contribution in [-0.4, -0.2) is 14.2 Å². The van der Waals surface area contributed by atoms with E-state index in [1.165, 1.54) is 13.2 Å². The van der Waals surface area contributed by atoms with Crippen molar-refractivity contribution >= 4 is 15.9 Å². The number of benzene rings is 2. The minimum absolute atomic E-state index is 0.135. The molecular formula is C15H14BrFO2. The van der Waals surface area contributed by atoms with Gasteiger partial charge in [0.25, 0.3) is 0 Å². The minimum Gasteiger partial charge on any atom is -0.496 e. The maximum absolute atomic E-state index is 13.7. The third kappa shape index (κ3) is 2.89. The van der Waals surface area contributed by atoms with Gasteiger partial charge in [-0.2, -0.15) is 0 Å². The number of halogens is 2. The van der Waals surface area contributed by atoms with Crippen LogP contribution in [0.2, 0.25) is 0 Å². The van der Waals surface area contributed by atoms with Crippen LogP contribution in [0.5, 0.6) is 11.5 Å². The predicted molar refractivity (Wildman–Crippen MR) is 76.7 cm³/mol. The molecule has 0 amide bonds. The van der Waals surface area contributed by atoms with Gasteiger partial charge in [-0.1, -0.05) is 40.2 Å². The molecule has 0 saturated heterocycles. The second kappa shape index (κ2) is 6.06. The fourth-order valence-electron chi connectivity index (χ4n) is 1.90. The maximum atomic E-state index is 13.7. The zero-order chi connectivity index (χ0) is 13.8. The molecule has 4 heteroatoms. The minimum atomic E-state index is -0.376. The number of para-hydroxylation sites is 1. The number of alkyl halides is 1. The summed E-state index contributed by atoms with van der Waals surface area (Å²) in [5.74, 6) is 0.628. The number of hydrogen-bond donors (Lipinski definition) is 0.